The highest BCUT2D eigenvalue weighted by atomic mass is 16.5. The third-order valence-electron chi connectivity index (χ3n) is 3.45. The van der Waals surface area contributed by atoms with Crippen LogP contribution in [0.15, 0.2) is 18.2 Å². The van der Waals surface area contributed by atoms with Crippen molar-refractivity contribution in [1.29, 1.82) is 0 Å². The minimum absolute atomic E-state index is 0.196. The fraction of sp³-hybridized carbons (Fsp3) is 0.400. The summed E-state index contributed by atoms with van der Waals surface area (Å²) >= 11 is 0. The monoisotopic (exact) mass is 320 g/mol. The van der Waals surface area contributed by atoms with Gasteiger partial charge in [0.25, 0.3) is 5.91 Å². The van der Waals surface area contributed by atoms with Gasteiger partial charge < -0.3 is 15.8 Å². The lowest BCUT2D eigenvalue weighted by Gasteiger charge is -2.28. The van der Waals surface area contributed by atoms with Crippen molar-refractivity contribution >= 4 is 23.5 Å². The van der Waals surface area contributed by atoms with Gasteiger partial charge in [-0.3, -0.25) is 19.8 Å². The predicted molar refractivity (Wildman–Crippen MR) is 84.5 cm³/mol. The van der Waals surface area contributed by atoms with Crippen molar-refractivity contribution in [2.75, 3.05) is 31.6 Å². The molecule has 0 bridgehead atoms. The molecular weight excluding hydrogens is 300 g/mol. The average molecular weight is 320 g/mol. The number of nitrogens with zero attached hydrogens (tertiary/aromatic N) is 1. The van der Waals surface area contributed by atoms with Crippen LogP contribution in [0.25, 0.3) is 0 Å². The molecular formula is C15H20N4O4. The van der Waals surface area contributed by atoms with Crippen LogP contribution in [0, 0.1) is 0 Å². The van der Waals surface area contributed by atoms with Crippen molar-refractivity contribution in [2.24, 2.45) is 5.73 Å². The number of rotatable bonds is 6. The summed E-state index contributed by atoms with van der Waals surface area (Å²) < 4.78 is 5.25. The first-order chi connectivity index (χ1) is 11.1. The highest BCUT2D eigenvalue weighted by Gasteiger charge is 2.27. The highest BCUT2D eigenvalue weighted by molar-refractivity contribution is 6.07. The molecule has 124 valence electrons. The number of carbonyl (C=O) groups excluding carboxylic acids is 3. The molecule has 0 unspecified atom stereocenters. The summed E-state index contributed by atoms with van der Waals surface area (Å²) in [5, 5.41) is 5.00. The molecule has 1 aliphatic rings. The number of anilines is 1. The molecule has 1 aromatic carbocycles. The van der Waals surface area contributed by atoms with Gasteiger partial charge in [-0.15, -0.1) is 0 Å². The van der Waals surface area contributed by atoms with Crippen LogP contribution < -0.4 is 26.0 Å². The molecule has 1 fully saturated rings. The van der Waals surface area contributed by atoms with Gasteiger partial charge in [-0.05, 0) is 31.2 Å². The number of amides is 4. The number of hydrogen-bond donors (Lipinski definition) is 3. The number of hydrogen-bond acceptors (Lipinski definition) is 5. The zero-order chi connectivity index (χ0) is 16.8. The number of carbonyl (C=O) groups is 3. The zero-order valence-corrected chi connectivity index (χ0v) is 12.9. The molecule has 1 saturated heterocycles. The number of ether oxygens (including phenoxy) is 1. The Balaban J connectivity index is 2.23. The summed E-state index contributed by atoms with van der Waals surface area (Å²) in [5.74, 6) is -0.121. The first-order valence-corrected chi connectivity index (χ1v) is 7.34. The second-order valence-corrected chi connectivity index (χ2v) is 5.04. The minimum atomic E-state index is -0.528. The molecule has 0 saturated carbocycles. The molecule has 1 heterocycles. The lowest BCUT2D eigenvalue weighted by atomic mass is 10.1. The van der Waals surface area contributed by atoms with E-state index >= 15 is 0 Å². The van der Waals surface area contributed by atoms with Crippen LogP contribution in [0.2, 0.25) is 0 Å². The summed E-state index contributed by atoms with van der Waals surface area (Å²) in [5.41, 5.74) is 6.25. The smallest absolute Gasteiger partial charge is 0.328 e. The zero-order valence-electron chi connectivity index (χ0n) is 12.9. The Morgan fingerprint density at radius 2 is 2.22 bits per heavy atom. The molecule has 8 nitrogen and oxygen atoms in total. The van der Waals surface area contributed by atoms with Gasteiger partial charge in [-0.25, -0.2) is 4.79 Å². The Labute approximate surface area is 134 Å². The number of urea groups is 1. The van der Waals surface area contributed by atoms with Crippen LogP contribution >= 0.6 is 0 Å². The molecule has 0 aliphatic carbocycles. The van der Waals surface area contributed by atoms with Crippen molar-refractivity contribution in [3.8, 4) is 5.75 Å². The van der Waals surface area contributed by atoms with E-state index in [-0.39, 0.29) is 24.8 Å². The summed E-state index contributed by atoms with van der Waals surface area (Å²) in [6, 6.07) is 4.29. The molecule has 0 spiro atoms. The van der Waals surface area contributed by atoms with Gasteiger partial charge in [0.15, 0.2) is 0 Å². The van der Waals surface area contributed by atoms with E-state index in [0.717, 1.165) is 0 Å². The SMILES string of the molecule is COc1ccc(C(=O)NCCCN)cc1N1CCC(=O)NC1=O. The summed E-state index contributed by atoms with van der Waals surface area (Å²) in [7, 11) is 1.48. The third kappa shape index (κ3) is 3.98. The molecule has 0 radical (unpaired) electrons. The van der Waals surface area contributed by atoms with Crippen molar-refractivity contribution in [3.63, 3.8) is 0 Å². The molecule has 1 aromatic rings. The van der Waals surface area contributed by atoms with E-state index in [0.29, 0.717) is 36.5 Å². The second kappa shape index (κ2) is 7.59. The van der Waals surface area contributed by atoms with Crippen LogP contribution in [0.1, 0.15) is 23.2 Å². The fourth-order valence-electron chi connectivity index (χ4n) is 2.24. The maximum Gasteiger partial charge on any atom is 0.328 e. The van der Waals surface area contributed by atoms with E-state index < -0.39 is 6.03 Å². The molecule has 23 heavy (non-hydrogen) atoms. The largest absolute Gasteiger partial charge is 0.495 e. The lowest BCUT2D eigenvalue weighted by molar-refractivity contribution is -0.120. The van der Waals surface area contributed by atoms with Crippen molar-refractivity contribution in [3.05, 3.63) is 23.8 Å². The maximum absolute atomic E-state index is 12.1. The molecule has 0 aromatic heterocycles. The molecule has 1 aliphatic heterocycles. The third-order valence-corrected chi connectivity index (χ3v) is 3.45. The Morgan fingerprint density at radius 3 is 2.87 bits per heavy atom. The van der Waals surface area contributed by atoms with Crippen molar-refractivity contribution < 1.29 is 19.1 Å². The Bertz CT molecular complexity index is 617. The molecule has 0 atom stereocenters. The summed E-state index contributed by atoms with van der Waals surface area (Å²) in [6.07, 6.45) is 0.882. The van der Waals surface area contributed by atoms with Crippen LogP contribution in [-0.4, -0.2) is 44.6 Å². The fourth-order valence-corrected chi connectivity index (χ4v) is 2.24. The molecule has 8 heteroatoms. The first-order valence-electron chi connectivity index (χ1n) is 7.34. The molecule has 4 amide bonds. The van der Waals surface area contributed by atoms with E-state index in [9.17, 15) is 14.4 Å². The standard InChI is InChI=1S/C15H20N4O4/c1-23-12-4-3-10(14(21)17-7-2-6-16)9-11(12)19-8-5-13(20)18-15(19)22/h3-4,9H,2,5-8,16H2,1H3,(H,17,21)(H,18,20,22). The summed E-state index contributed by atoms with van der Waals surface area (Å²) in [4.78, 5) is 36.8. The molecule has 4 N–H and O–H groups in total. The minimum Gasteiger partial charge on any atom is -0.495 e. The van der Waals surface area contributed by atoms with Gasteiger partial charge in [0.1, 0.15) is 5.75 Å². The van der Waals surface area contributed by atoms with Crippen molar-refractivity contribution in [2.45, 2.75) is 12.8 Å². The topological polar surface area (TPSA) is 114 Å². The van der Waals surface area contributed by atoms with Crippen LogP contribution in [0.5, 0.6) is 5.75 Å². The number of nitrogens with one attached hydrogen (secondary N) is 2. The average Bonchev–Trinajstić information content (AvgIpc) is 2.54. The van der Waals surface area contributed by atoms with Gasteiger partial charge in [-0.1, -0.05) is 0 Å². The predicted octanol–water partition coefficient (Wildman–Crippen LogP) is 0.220. The summed E-state index contributed by atoms with van der Waals surface area (Å²) in [6.45, 7) is 1.21. The van der Waals surface area contributed by atoms with Gasteiger partial charge in [-0.2, -0.15) is 0 Å². The van der Waals surface area contributed by atoms with E-state index in [4.69, 9.17) is 10.5 Å². The number of imide groups is 1. The number of nitrogens with two attached hydrogens (primary N) is 1. The van der Waals surface area contributed by atoms with Crippen LogP contribution in [0.4, 0.5) is 10.5 Å². The lowest BCUT2D eigenvalue weighted by Crippen LogP contribution is -2.49. The van der Waals surface area contributed by atoms with Crippen LogP contribution in [-0.2, 0) is 4.79 Å². The van der Waals surface area contributed by atoms with E-state index in [2.05, 4.69) is 10.6 Å². The Hall–Kier alpha value is -2.61. The highest BCUT2D eigenvalue weighted by Crippen LogP contribution is 2.30. The number of benzene rings is 1. The van der Waals surface area contributed by atoms with E-state index in [1.807, 2.05) is 0 Å². The first kappa shape index (κ1) is 16.8. The van der Waals surface area contributed by atoms with E-state index in [1.54, 1.807) is 18.2 Å². The van der Waals surface area contributed by atoms with Gasteiger partial charge >= 0.3 is 6.03 Å². The van der Waals surface area contributed by atoms with Gasteiger partial charge in [0, 0.05) is 25.1 Å². The Morgan fingerprint density at radius 1 is 1.43 bits per heavy atom. The van der Waals surface area contributed by atoms with Gasteiger partial charge in [0.05, 0.1) is 12.8 Å². The number of methoxy groups -OCH3 is 1. The second-order valence-electron chi connectivity index (χ2n) is 5.04. The van der Waals surface area contributed by atoms with Crippen molar-refractivity contribution in [1.82, 2.24) is 10.6 Å². The normalized spacial score (nSPS) is 14.4. The Kier molecular flexibility index (Phi) is 5.53. The maximum atomic E-state index is 12.1. The van der Waals surface area contributed by atoms with Gasteiger partial charge in [0.2, 0.25) is 5.91 Å². The molecule has 2 rings (SSSR count). The van der Waals surface area contributed by atoms with Crippen LogP contribution in [0.3, 0.4) is 0 Å². The van der Waals surface area contributed by atoms with E-state index in [1.165, 1.54) is 12.0 Å². The quantitative estimate of drug-likeness (QED) is 0.649.